The van der Waals surface area contributed by atoms with Crippen LogP contribution in [0.15, 0.2) is 16.9 Å². The molecule has 2 aliphatic heterocycles. The molecule has 1 amide bonds. The number of carbonyl (C=O) groups is 1. The molecule has 4 rings (SSSR count). The van der Waals surface area contributed by atoms with Crippen LogP contribution in [0, 0.1) is 4.77 Å². The van der Waals surface area contributed by atoms with Gasteiger partial charge in [0, 0.05) is 32.2 Å². The number of fused-ring (bicyclic) bond motifs is 2. The van der Waals surface area contributed by atoms with Gasteiger partial charge < -0.3 is 24.5 Å². The largest absolute Gasteiger partial charge is 0.454 e. The van der Waals surface area contributed by atoms with E-state index >= 15 is 0 Å². The van der Waals surface area contributed by atoms with E-state index in [0.717, 1.165) is 38.7 Å². The highest BCUT2D eigenvalue weighted by molar-refractivity contribution is 7.71. The molecule has 0 saturated carbocycles. The van der Waals surface area contributed by atoms with E-state index in [4.69, 9.17) is 26.4 Å². The molecule has 2 N–H and O–H groups in total. The lowest BCUT2D eigenvalue weighted by molar-refractivity contribution is -0.121. The molecule has 1 fully saturated rings. The van der Waals surface area contributed by atoms with Gasteiger partial charge in [0.25, 0.3) is 5.56 Å². The Kier molecular flexibility index (Phi) is 6.15. The van der Waals surface area contributed by atoms with Crippen molar-refractivity contribution in [1.29, 1.82) is 0 Å². The predicted octanol–water partition coefficient (Wildman–Crippen LogP) is 2.64. The number of hydrogen-bond acceptors (Lipinski definition) is 6. The van der Waals surface area contributed by atoms with Gasteiger partial charge >= 0.3 is 0 Å². The molecular formula is C20H25N3O5S. The maximum Gasteiger partial charge on any atom is 0.262 e. The monoisotopic (exact) mass is 419 g/mol. The van der Waals surface area contributed by atoms with Crippen LogP contribution in [0.1, 0.15) is 38.5 Å². The number of aromatic nitrogens is 2. The first kappa shape index (κ1) is 19.9. The smallest absolute Gasteiger partial charge is 0.262 e. The Bertz CT molecular complexity index is 1010. The van der Waals surface area contributed by atoms with Crippen LogP contribution in [0.4, 0.5) is 0 Å². The van der Waals surface area contributed by atoms with E-state index in [2.05, 4.69) is 10.3 Å². The topological polar surface area (TPSA) is 94.6 Å². The molecule has 0 bridgehead atoms. The van der Waals surface area contributed by atoms with Crippen molar-refractivity contribution < 1.29 is 19.0 Å². The summed E-state index contributed by atoms with van der Waals surface area (Å²) in [4.78, 5) is 27.8. The maximum atomic E-state index is 12.8. The lowest BCUT2D eigenvalue weighted by atomic mass is 10.1. The third kappa shape index (κ3) is 4.62. The van der Waals surface area contributed by atoms with Crippen LogP contribution < -0.4 is 20.3 Å². The molecule has 1 atom stereocenters. The quantitative estimate of drug-likeness (QED) is 0.505. The summed E-state index contributed by atoms with van der Waals surface area (Å²) in [6.45, 7) is 2.05. The van der Waals surface area contributed by atoms with Crippen LogP contribution >= 0.6 is 12.2 Å². The third-order valence-corrected chi connectivity index (χ3v) is 5.63. The molecule has 2 aliphatic rings. The van der Waals surface area contributed by atoms with Crippen LogP contribution in [-0.4, -0.2) is 41.5 Å². The Labute approximate surface area is 173 Å². The minimum atomic E-state index is -0.142. The molecular weight excluding hydrogens is 394 g/mol. The second kappa shape index (κ2) is 8.96. The van der Waals surface area contributed by atoms with Gasteiger partial charge in [-0.1, -0.05) is 6.42 Å². The molecule has 0 aliphatic carbocycles. The van der Waals surface area contributed by atoms with Crippen molar-refractivity contribution in [2.45, 2.75) is 51.2 Å². The zero-order valence-electron chi connectivity index (χ0n) is 16.2. The number of amides is 1. The summed E-state index contributed by atoms with van der Waals surface area (Å²) in [6, 6.07) is 3.44. The SMILES string of the molecule is O=C(CCCCCn1c(=S)[nH]c2cc3c(cc2c1=O)OCO3)NC[C@@H]1CCCO1. The van der Waals surface area contributed by atoms with Crippen molar-refractivity contribution in [3.63, 3.8) is 0 Å². The van der Waals surface area contributed by atoms with Gasteiger partial charge in [0.1, 0.15) is 0 Å². The highest BCUT2D eigenvalue weighted by atomic mass is 32.1. The van der Waals surface area contributed by atoms with Crippen molar-refractivity contribution in [3.05, 3.63) is 27.3 Å². The second-order valence-electron chi connectivity index (χ2n) is 7.39. The van der Waals surface area contributed by atoms with E-state index in [1.165, 1.54) is 0 Å². The Morgan fingerprint density at radius 2 is 2.07 bits per heavy atom. The molecule has 29 heavy (non-hydrogen) atoms. The number of ether oxygens (including phenoxy) is 3. The van der Waals surface area contributed by atoms with Gasteiger partial charge in [-0.25, -0.2) is 0 Å². The summed E-state index contributed by atoms with van der Waals surface area (Å²) in [5.74, 6) is 1.23. The molecule has 8 nitrogen and oxygen atoms in total. The summed E-state index contributed by atoms with van der Waals surface area (Å²) >= 11 is 5.36. The Balaban J connectivity index is 1.28. The van der Waals surface area contributed by atoms with Gasteiger partial charge in [-0.15, -0.1) is 0 Å². The number of rotatable bonds is 8. The van der Waals surface area contributed by atoms with E-state index in [9.17, 15) is 9.59 Å². The fraction of sp³-hybridized carbons (Fsp3) is 0.550. The summed E-state index contributed by atoms with van der Waals surface area (Å²) < 4.78 is 18.2. The Morgan fingerprint density at radius 1 is 1.24 bits per heavy atom. The van der Waals surface area contributed by atoms with E-state index in [-0.39, 0.29) is 24.4 Å². The molecule has 0 spiro atoms. The molecule has 9 heteroatoms. The fourth-order valence-corrected chi connectivity index (χ4v) is 3.98. The number of nitrogens with one attached hydrogen (secondary N) is 2. The molecule has 3 heterocycles. The van der Waals surface area contributed by atoms with Crippen LogP contribution in [0.2, 0.25) is 0 Å². The van der Waals surface area contributed by atoms with E-state index < -0.39 is 0 Å². The van der Waals surface area contributed by atoms with Gasteiger partial charge in [0.2, 0.25) is 12.7 Å². The zero-order valence-corrected chi connectivity index (χ0v) is 17.0. The van der Waals surface area contributed by atoms with Gasteiger partial charge in [-0.3, -0.25) is 14.2 Å². The number of H-pyrrole nitrogens is 1. The molecule has 156 valence electrons. The molecule has 1 aromatic carbocycles. The van der Waals surface area contributed by atoms with Crippen LogP contribution in [0.3, 0.4) is 0 Å². The van der Waals surface area contributed by atoms with Gasteiger partial charge in [0.15, 0.2) is 16.3 Å². The normalized spacial score (nSPS) is 17.7. The number of aromatic amines is 1. The first-order valence-corrected chi connectivity index (χ1v) is 10.5. The van der Waals surface area contributed by atoms with Gasteiger partial charge in [-0.2, -0.15) is 0 Å². The van der Waals surface area contributed by atoms with Crippen molar-refractivity contribution in [1.82, 2.24) is 14.9 Å². The average Bonchev–Trinajstić information content (AvgIpc) is 3.38. The Hall–Kier alpha value is -2.39. The van der Waals surface area contributed by atoms with Crippen molar-refractivity contribution in [2.24, 2.45) is 0 Å². The number of nitrogens with zero attached hydrogens (tertiary/aromatic N) is 1. The van der Waals surface area contributed by atoms with E-state index in [1.807, 2.05) is 0 Å². The highest BCUT2D eigenvalue weighted by Crippen LogP contribution is 2.34. The number of carbonyl (C=O) groups excluding carboxylic acids is 1. The molecule has 0 unspecified atom stereocenters. The highest BCUT2D eigenvalue weighted by Gasteiger charge is 2.17. The lowest BCUT2D eigenvalue weighted by Gasteiger charge is -2.11. The maximum absolute atomic E-state index is 12.8. The predicted molar refractivity (Wildman–Crippen MR) is 110 cm³/mol. The minimum absolute atomic E-state index is 0.0525. The van der Waals surface area contributed by atoms with Crippen molar-refractivity contribution in [3.8, 4) is 11.5 Å². The minimum Gasteiger partial charge on any atom is -0.454 e. The third-order valence-electron chi connectivity index (χ3n) is 5.31. The summed E-state index contributed by atoms with van der Waals surface area (Å²) in [6.07, 6.45) is 5.12. The molecule has 1 aromatic heterocycles. The molecule has 2 aromatic rings. The average molecular weight is 420 g/mol. The lowest BCUT2D eigenvalue weighted by Crippen LogP contribution is -2.31. The van der Waals surface area contributed by atoms with Gasteiger partial charge in [0.05, 0.1) is 17.0 Å². The number of unbranched alkanes of at least 4 members (excludes halogenated alkanes) is 2. The number of hydrogen-bond donors (Lipinski definition) is 2. The summed E-state index contributed by atoms with van der Waals surface area (Å²) in [5, 5.41) is 3.45. The van der Waals surface area contributed by atoms with Crippen LogP contribution in [-0.2, 0) is 16.1 Å². The van der Waals surface area contributed by atoms with Crippen LogP contribution in [0.5, 0.6) is 11.5 Å². The van der Waals surface area contributed by atoms with Crippen LogP contribution in [0.25, 0.3) is 10.9 Å². The van der Waals surface area contributed by atoms with E-state index in [1.54, 1.807) is 16.7 Å². The summed E-state index contributed by atoms with van der Waals surface area (Å²) in [7, 11) is 0. The zero-order chi connectivity index (χ0) is 20.2. The molecule has 0 radical (unpaired) electrons. The first-order chi connectivity index (χ1) is 14.1. The Morgan fingerprint density at radius 3 is 2.86 bits per heavy atom. The fourth-order valence-electron chi connectivity index (χ4n) is 3.70. The van der Waals surface area contributed by atoms with Crippen molar-refractivity contribution >= 4 is 29.0 Å². The standard InChI is InChI=1S/C20H25N3O5S/c24-18(21-11-13-5-4-8-26-13)6-2-1-3-7-23-19(25)14-9-16-17(28-12-27-16)10-15(14)22-20(23)29/h9-10,13H,1-8,11-12H2,(H,21,24)(H,22,29)/t13-/m0/s1. The van der Waals surface area contributed by atoms with Gasteiger partial charge in [-0.05, 0) is 44.0 Å². The van der Waals surface area contributed by atoms with Crippen molar-refractivity contribution in [2.75, 3.05) is 19.9 Å². The van der Waals surface area contributed by atoms with E-state index in [0.29, 0.717) is 46.7 Å². The number of benzene rings is 1. The first-order valence-electron chi connectivity index (χ1n) is 10.1. The molecule has 1 saturated heterocycles. The second-order valence-corrected chi connectivity index (χ2v) is 7.77. The summed E-state index contributed by atoms with van der Waals surface area (Å²) in [5.41, 5.74) is 0.500.